The Bertz CT molecular complexity index is 410. The maximum atomic E-state index is 11.8. The maximum absolute atomic E-state index is 11.8. The molecule has 2 saturated carbocycles. The summed E-state index contributed by atoms with van der Waals surface area (Å²) in [5.74, 6) is 0.664. The van der Waals surface area contributed by atoms with Crippen molar-refractivity contribution >= 4 is 9.84 Å². The summed E-state index contributed by atoms with van der Waals surface area (Å²) < 4.78 is 29.7. The Kier molecular flexibility index (Phi) is 6.51. The summed E-state index contributed by atoms with van der Waals surface area (Å²) in [7, 11) is -2.94. The molecule has 5 heteroatoms. The summed E-state index contributed by atoms with van der Waals surface area (Å²) in [5, 5.41) is 3.22. The van der Waals surface area contributed by atoms with E-state index in [1.807, 2.05) is 0 Å². The zero-order valence-electron chi connectivity index (χ0n) is 13.5. The van der Waals surface area contributed by atoms with Gasteiger partial charge >= 0.3 is 0 Å². The maximum Gasteiger partial charge on any atom is 0.151 e. The van der Waals surface area contributed by atoms with E-state index in [-0.39, 0.29) is 11.3 Å². The van der Waals surface area contributed by atoms with Crippen LogP contribution < -0.4 is 5.32 Å². The van der Waals surface area contributed by atoms with Crippen molar-refractivity contribution in [1.82, 2.24) is 5.32 Å². The second-order valence-corrected chi connectivity index (χ2v) is 9.15. The first kappa shape index (κ1) is 17.2. The van der Waals surface area contributed by atoms with Crippen LogP contribution in [0.3, 0.4) is 0 Å². The molecule has 4 atom stereocenters. The van der Waals surface area contributed by atoms with Gasteiger partial charge in [0, 0.05) is 18.8 Å². The summed E-state index contributed by atoms with van der Waals surface area (Å²) in [4.78, 5) is 0. The molecule has 0 aliphatic heterocycles. The number of hydrogen-bond acceptors (Lipinski definition) is 4. The third-order valence-corrected chi connectivity index (χ3v) is 6.79. The molecule has 2 rings (SSSR count). The molecule has 1 N–H and O–H groups in total. The van der Waals surface area contributed by atoms with Gasteiger partial charge in [0.1, 0.15) is 0 Å². The number of rotatable bonds is 6. The molecule has 4 nitrogen and oxygen atoms in total. The zero-order chi connectivity index (χ0) is 15.3. The van der Waals surface area contributed by atoms with Crippen molar-refractivity contribution in [1.29, 1.82) is 0 Å². The Morgan fingerprint density at radius 2 is 1.71 bits per heavy atom. The lowest BCUT2D eigenvalue weighted by Gasteiger charge is -2.32. The Morgan fingerprint density at radius 3 is 2.43 bits per heavy atom. The predicted octanol–water partition coefficient (Wildman–Crippen LogP) is 2.53. The van der Waals surface area contributed by atoms with E-state index < -0.39 is 9.84 Å². The van der Waals surface area contributed by atoms with Gasteiger partial charge in [-0.25, -0.2) is 8.42 Å². The molecule has 0 aromatic rings. The third-order valence-electron chi connectivity index (χ3n) is 5.13. The molecule has 2 aliphatic rings. The number of nitrogens with one attached hydrogen (secondary N) is 1. The zero-order valence-corrected chi connectivity index (χ0v) is 14.3. The van der Waals surface area contributed by atoms with Gasteiger partial charge in [0.15, 0.2) is 9.84 Å². The molecule has 0 aromatic carbocycles. The number of sulfone groups is 1. The summed E-state index contributed by atoms with van der Waals surface area (Å²) in [5.41, 5.74) is 0. The summed E-state index contributed by atoms with van der Waals surface area (Å²) in [6, 6.07) is 0.112. The van der Waals surface area contributed by atoms with Crippen LogP contribution in [0.5, 0.6) is 0 Å². The number of ether oxygens (including phenoxy) is 1. The number of hydrogen-bond donors (Lipinski definition) is 1. The molecule has 2 aliphatic carbocycles. The minimum absolute atomic E-state index is 0.112. The van der Waals surface area contributed by atoms with Crippen molar-refractivity contribution in [3.8, 4) is 0 Å². The van der Waals surface area contributed by atoms with Crippen molar-refractivity contribution in [3.63, 3.8) is 0 Å². The highest BCUT2D eigenvalue weighted by Crippen LogP contribution is 2.26. The van der Waals surface area contributed by atoms with Gasteiger partial charge in [0.05, 0.1) is 18.0 Å². The Hall–Kier alpha value is -0.130. The van der Waals surface area contributed by atoms with Crippen LogP contribution in [0.2, 0.25) is 0 Å². The Labute approximate surface area is 129 Å². The van der Waals surface area contributed by atoms with Crippen molar-refractivity contribution in [3.05, 3.63) is 0 Å². The van der Waals surface area contributed by atoms with Crippen LogP contribution in [0.15, 0.2) is 0 Å². The van der Waals surface area contributed by atoms with Crippen LogP contribution in [-0.4, -0.2) is 45.2 Å². The fourth-order valence-electron chi connectivity index (χ4n) is 3.83. The first-order valence-electron chi connectivity index (χ1n) is 8.52. The Morgan fingerprint density at radius 1 is 1.05 bits per heavy atom. The van der Waals surface area contributed by atoms with E-state index >= 15 is 0 Å². The molecule has 2 fully saturated rings. The fourth-order valence-corrected chi connectivity index (χ4v) is 5.25. The van der Waals surface area contributed by atoms with E-state index in [4.69, 9.17) is 4.74 Å². The smallest absolute Gasteiger partial charge is 0.151 e. The SMILES string of the molecule is C[C@@H]1CCCC[C@@H]1OCCN[C@H]1CCCC[C@@H]1S(C)(=O)=O. The molecule has 0 heterocycles. The van der Waals surface area contributed by atoms with Crippen LogP contribution in [0.25, 0.3) is 0 Å². The van der Waals surface area contributed by atoms with Gasteiger partial charge in [0.25, 0.3) is 0 Å². The largest absolute Gasteiger partial charge is 0.377 e. The van der Waals surface area contributed by atoms with Crippen LogP contribution in [0.4, 0.5) is 0 Å². The average Bonchev–Trinajstić information content (AvgIpc) is 2.45. The highest BCUT2D eigenvalue weighted by Gasteiger charge is 2.32. The topological polar surface area (TPSA) is 55.4 Å². The predicted molar refractivity (Wildman–Crippen MR) is 86.3 cm³/mol. The highest BCUT2D eigenvalue weighted by atomic mass is 32.2. The second-order valence-electron chi connectivity index (χ2n) is 6.88. The lowest BCUT2D eigenvalue weighted by Crippen LogP contribution is -2.47. The summed E-state index contributed by atoms with van der Waals surface area (Å²) >= 11 is 0. The highest BCUT2D eigenvalue weighted by molar-refractivity contribution is 7.91. The fraction of sp³-hybridized carbons (Fsp3) is 1.00. The van der Waals surface area contributed by atoms with Crippen molar-refractivity contribution in [2.24, 2.45) is 5.92 Å². The molecular weight excluding hydrogens is 286 g/mol. The van der Waals surface area contributed by atoms with Gasteiger partial charge < -0.3 is 10.1 Å². The lowest BCUT2D eigenvalue weighted by atomic mass is 9.88. The second kappa shape index (κ2) is 7.93. The van der Waals surface area contributed by atoms with Crippen molar-refractivity contribution < 1.29 is 13.2 Å². The van der Waals surface area contributed by atoms with E-state index in [1.165, 1.54) is 31.9 Å². The molecule has 21 heavy (non-hydrogen) atoms. The third kappa shape index (κ3) is 5.22. The summed E-state index contributed by atoms with van der Waals surface area (Å²) in [6.45, 7) is 3.74. The van der Waals surface area contributed by atoms with E-state index in [2.05, 4.69) is 12.2 Å². The van der Waals surface area contributed by atoms with Gasteiger partial charge in [0.2, 0.25) is 0 Å². The molecule has 0 saturated heterocycles. The quantitative estimate of drug-likeness (QED) is 0.765. The normalized spacial score (nSPS) is 34.8. The van der Waals surface area contributed by atoms with Gasteiger partial charge in [-0.05, 0) is 31.6 Å². The minimum atomic E-state index is -2.94. The molecule has 0 spiro atoms. The minimum Gasteiger partial charge on any atom is -0.377 e. The van der Waals surface area contributed by atoms with E-state index in [0.717, 1.165) is 32.2 Å². The van der Waals surface area contributed by atoms with Crippen molar-refractivity contribution in [2.75, 3.05) is 19.4 Å². The molecular formula is C16H31NO3S. The molecule has 0 unspecified atom stereocenters. The van der Waals surface area contributed by atoms with Gasteiger partial charge in [-0.2, -0.15) is 0 Å². The Balaban J connectivity index is 1.71. The van der Waals surface area contributed by atoms with Crippen molar-refractivity contribution in [2.45, 2.75) is 75.7 Å². The molecule has 0 radical (unpaired) electrons. The van der Waals surface area contributed by atoms with Gasteiger partial charge in [-0.1, -0.05) is 32.6 Å². The van der Waals surface area contributed by atoms with Gasteiger partial charge in [-0.3, -0.25) is 0 Å². The van der Waals surface area contributed by atoms with Crippen LogP contribution in [0, 0.1) is 5.92 Å². The molecule has 0 amide bonds. The van der Waals surface area contributed by atoms with E-state index in [9.17, 15) is 8.42 Å². The van der Waals surface area contributed by atoms with Crippen LogP contribution >= 0.6 is 0 Å². The average molecular weight is 317 g/mol. The molecule has 0 aromatic heterocycles. The standard InChI is InChI=1S/C16H31NO3S/c1-13-7-3-5-9-15(13)20-12-11-17-14-8-4-6-10-16(14)21(2,18)19/h13-17H,3-12H2,1-2H3/t13-,14+,15+,16+/m1/s1. The van der Waals surface area contributed by atoms with Crippen LogP contribution in [0.1, 0.15) is 58.3 Å². The summed E-state index contributed by atoms with van der Waals surface area (Å²) in [6.07, 6.45) is 10.8. The monoisotopic (exact) mass is 317 g/mol. The van der Waals surface area contributed by atoms with Crippen LogP contribution in [-0.2, 0) is 14.6 Å². The molecule has 0 bridgehead atoms. The molecule has 124 valence electrons. The van der Waals surface area contributed by atoms with E-state index in [0.29, 0.717) is 18.6 Å². The van der Waals surface area contributed by atoms with Gasteiger partial charge in [-0.15, -0.1) is 0 Å². The first-order chi connectivity index (χ1) is 9.98. The lowest BCUT2D eigenvalue weighted by molar-refractivity contribution is -0.00409. The first-order valence-corrected chi connectivity index (χ1v) is 10.5. The van der Waals surface area contributed by atoms with E-state index in [1.54, 1.807) is 0 Å².